The summed E-state index contributed by atoms with van der Waals surface area (Å²) in [5.41, 5.74) is 4.37. The number of benzene rings is 2. The molecule has 6 rings (SSSR count). The molecule has 1 amide bonds. The number of piperidine rings is 1. The Morgan fingerprint density at radius 2 is 2.05 bits per heavy atom. The lowest BCUT2D eigenvalue weighted by Gasteiger charge is -2.34. The molecule has 0 aliphatic carbocycles. The molecule has 3 aromatic heterocycles. The van der Waals surface area contributed by atoms with Crippen molar-refractivity contribution in [2.24, 2.45) is 0 Å². The Hall–Kier alpha value is -5.06. The van der Waals surface area contributed by atoms with Gasteiger partial charge in [-0.1, -0.05) is 6.58 Å². The molecule has 0 spiro atoms. The Morgan fingerprint density at radius 3 is 2.92 bits per heavy atom. The van der Waals surface area contributed by atoms with E-state index >= 15 is 0 Å². The van der Waals surface area contributed by atoms with Crippen molar-refractivity contribution in [1.29, 1.82) is 0 Å². The van der Waals surface area contributed by atoms with Gasteiger partial charge in [0.1, 0.15) is 30.5 Å². The monoisotopic (exact) mass is 521 g/mol. The molecule has 39 heavy (non-hydrogen) atoms. The van der Waals surface area contributed by atoms with Gasteiger partial charge in [-0.15, -0.1) is 10.2 Å². The van der Waals surface area contributed by atoms with Crippen LogP contribution in [0.1, 0.15) is 18.4 Å². The zero-order valence-corrected chi connectivity index (χ0v) is 21.4. The molecule has 196 valence electrons. The van der Waals surface area contributed by atoms with Gasteiger partial charge in [0.05, 0.1) is 5.52 Å². The van der Waals surface area contributed by atoms with E-state index < -0.39 is 0 Å². The summed E-state index contributed by atoms with van der Waals surface area (Å²) in [5, 5.41) is 15.3. The van der Waals surface area contributed by atoms with Crippen LogP contribution in [0.15, 0.2) is 74.1 Å². The molecule has 11 heteroatoms. The SMILES string of the molecule is C=CC(=O)N[C@H]1CCCN(c2ccc3ncnc(Nc4ccc(Oc5cc6nncn6cn5)c(C)c4)c3c2)C1. The third kappa shape index (κ3) is 5.19. The molecule has 4 heterocycles. The molecular formula is C28H27N9O2. The summed E-state index contributed by atoms with van der Waals surface area (Å²) in [6.07, 6.45) is 8.02. The Balaban J connectivity index is 1.21. The molecule has 0 radical (unpaired) electrons. The van der Waals surface area contributed by atoms with Crippen LogP contribution >= 0.6 is 0 Å². The number of anilines is 3. The van der Waals surface area contributed by atoms with E-state index in [1.807, 2.05) is 31.2 Å². The van der Waals surface area contributed by atoms with Crippen LogP contribution in [0.2, 0.25) is 0 Å². The van der Waals surface area contributed by atoms with Crippen LogP contribution < -0.4 is 20.3 Å². The van der Waals surface area contributed by atoms with Gasteiger partial charge in [0.25, 0.3) is 0 Å². The van der Waals surface area contributed by atoms with E-state index in [1.165, 1.54) is 6.08 Å². The van der Waals surface area contributed by atoms with Crippen molar-refractivity contribution in [3.8, 4) is 11.6 Å². The van der Waals surface area contributed by atoms with Crippen LogP contribution in [0.3, 0.4) is 0 Å². The van der Waals surface area contributed by atoms with Gasteiger partial charge in [-0.2, -0.15) is 0 Å². The number of rotatable bonds is 7. The molecule has 1 atom stereocenters. The van der Waals surface area contributed by atoms with Crippen LogP contribution in [0.4, 0.5) is 17.2 Å². The van der Waals surface area contributed by atoms with Crippen molar-refractivity contribution in [3.63, 3.8) is 0 Å². The van der Waals surface area contributed by atoms with E-state index in [-0.39, 0.29) is 11.9 Å². The fourth-order valence-electron chi connectivity index (χ4n) is 4.79. The van der Waals surface area contributed by atoms with Crippen molar-refractivity contribution in [2.75, 3.05) is 23.3 Å². The van der Waals surface area contributed by atoms with Crippen LogP contribution in [0.5, 0.6) is 11.6 Å². The van der Waals surface area contributed by atoms with Gasteiger partial charge in [0, 0.05) is 42.0 Å². The molecule has 1 fully saturated rings. The predicted molar refractivity (Wildman–Crippen MR) is 148 cm³/mol. The minimum atomic E-state index is -0.139. The maximum absolute atomic E-state index is 11.8. The summed E-state index contributed by atoms with van der Waals surface area (Å²) in [6, 6.07) is 13.8. The third-order valence-electron chi connectivity index (χ3n) is 6.75. The Morgan fingerprint density at radius 1 is 1.13 bits per heavy atom. The van der Waals surface area contributed by atoms with Crippen molar-refractivity contribution in [3.05, 3.63) is 79.7 Å². The summed E-state index contributed by atoms with van der Waals surface area (Å²) in [7, 11) is 0. The zero-order valence-electron chi connectivity index (χ0n) is 21.4. The second-order valence-corrected chi connectivity index (χ2v) is 9.45. The molecule has 2 N–H and O–H groups in total. The smallest absolute Gasteiger partial charge is 0.243 e. The number of ether oxygens (including phenoxy) is 1. The van der Waals surface area contributed by atoms with Crippen molar-refractivity contribution in [1.82, 2.24) is 34.9 Å². The molecule has 1 aliphatic rings. The quantitative estimate of drug-likeness (QED) is 0.304. The molecule has 11 nitrogen and oxygen atoms in total. The highest BCUT2D eigenvalue weighted by atomic mass is 16.5. The van der Waals surface area contributed by atoms with Gasteiger partial charge in [0.2, 0.25) is 11.8 Å². The topological polar surface area (TPSA) is 122 Å². The van der Waals surface area contributed by atoms with Gasteiger partial charge in [-0.3, -0.25) is 9.20 Å². The Kier molecular flexibility index (Phi) is 6.45. The lowest BCUT2D eigenvalue weighted by molar-refractivity contribution is -0.117. The van der Waals surface area contributed by atoms with Crippen LogP contribution in [-0.2, 0) is 4.79 Å². The number of fused-ring (bicyclic) bond motifs is 2. The lowest BCUT2D eigenvalue weighted by Crippen LogP contribution is -2.47. The number of carbonyl (C=O) groups is 1. The second-order valence-electron chi connectivity index (χ2n) is 9.45. The van der Waals surface area contributed by atoms with Gasteiger partial charge in [0.15, 0.2) is 5.65 Å². The van der Waals surface area contributed by atoms with Gasteiger partial charge in [-0.05, 0) is 67.8 Å². The van der Waals surface area contributed by atoms with E-state index in [9.17, 15) is 4.79 Å². The highest BCUT2D eigenvalue weighted by Gasteiger charge is 2.21. The number of amides is 1. The Labute approximate surface area is 224 Å². The average molecular weight is 522 g/mol. The number of hydrogen-bond acceptors (Lipinski definition) is 9. The van der Waals surface area contributed by atoms with Gasteiger partial charge >= 0.3 is 0 Å². The Bertz CT molecular complexity index is 1680. The number of nitrogens with one attached hydrogen (secondary N) is 2. The normalized spacial score (nSPS) is 15.3. The van der Waals surface area contributed by atoms with Crippen molar-refractivity contribution < 1.29 is 9.53 Å². The average Bonchev–Trinajstić information content (AvgIpc) is 3.43. The molecule has 1 aliphatic heterocycles. The summed E-state index contributed by atoms with van der Waals surface area (Å²) in [5.74, 6) is 1.70. The van der Waals surface area contributed by atoms with Crippen LogP contribution in [0.25, 0.3) is 16.6 Å². The molecule has 0 bridgehead atoms. The maximum atomic E-state index is 11.8. The summed E-state index contributed by atoms with van der Waals surface area (Å²) in [6.45, 7) is 7.19. The standard InChI is InChI=1S/C28H27N9O2/c1-3-26(38)33-20-5-4-10-36(14-20)21-7-8-23-22(12-21)28(30-15-29-23)34-19-6-9-24(18(2)11-19)39-27-13-25-35-32-17-37(25)16-31-27/h3,6-9,11-13,15-17,20H,1,4-5,10,14H2,2H3,(H,33,38)(H,29,30,34)/t20-/m0/s1. The fraction of sp³-hybridized carbons (Fsp3) is 0.214. The highest BCUT2D eigenvalue weighted by molar-refractivity contribution is 5.93. The van der Waals surface area contributed by atoms with E-state index in [2.05, 4.69) is 59.4 Å². The van der Waals surface area contributed by atoms with Gasteiger partial charge in [-0.25, -0.2) is 15.0 Å². The predicted octanol–water partition coefficient (Wildman–Crippen LogP) is 4.18. The summed E-state index contributed by atoms with van der Waals surface area (Å²) < 4.78 is 7.72. The maximum Gasteiger partial charge on any atom is 0.243 e. The first-order chi connectivity index (χ1) is 19.1. The summed E-state index contributed by atoms with van der Waals surface area (Å²) in [4.78, 5) is 27.4. The first-order valence-corrected chi connectivity index (χ1v) is 12.7. The largest absolute Gasteiger partial charge is 0.439 e. The summed E-state index contributed by atoms with van der Waals surface area (Å²) >= 11 is 0. The number of carbonyl (C=O) groups excluding carboxylic acids is 1. The minimum absolute atomic E-state index is 0.0850. The van der Waals surface area contributed by atoms with E-state index in [1.54, 1.807) is 29.4 Å². The first kappa shape index (κ1) is 24.3. The number of nitrogens with zero attached hydrogens (tertiary/aromatic N) is 7. The number of aryl methyl sites for hydroxylation is 1. The molecule has 1 saturated heterocycles. The lowest BCUT2D eigenvalue weighted by atomic mass is 10.0. The van der Waals surface area contributed by atoms with Crippen LogP contribution in [-0.4, -0.2) is 54.6 Å². The molecule has 5 aromatic rings. The van der Waals surface area contributed by atoms with Crippen LogP contribution in [0, 0.1) is 6.92 Å². The fourth-order valence-corrected chi connectivity index (χ4v) is 4.79. The van der Waals surface area contributed by atoms with Gasteiger partial charge < -0.3 is 20.3 Å². The molecular weight excluding hydrogens is 494 g/mol. The number of hydrogen-bond donors (Lipinski definition) is 2. The zero-order chi connectivity index (χ0) is 26.8. The second kappa shape index (κ2) is 10.4. The number of aromatic nitrogens is 6. The molecule has 2 aromatic carbocycles. The molecule has 0 unspecified atom stereocenters. The first-order valence-electron chi connectivity index (χ1n) is 12.7. The van der Waals surface area contributed by atoms with Crippen molar-refractivity contribution >= 4 is 39.6 Å². The third-order valence-corrected chi connectivity index (χ3v) is 6.75. The molecule has 0 saturated carbocycles. The minimum Gasteiger partial charge on any atom is -0.439 e. The highest BCUT2D eigenvalue weighted by Crippen LogP contribution is 2.31. The van der Waals surface area contributed by atoms with Crippen molar-refractivity contribution in [2.45, 2.75) is 25.8 Å². The van der Waals surface area contributed by atoms with E-state index in [0.717, 1.165) is 53.8 Å². The van der Waals surface area contributed by atoms with E-state index in [0.29, 0.717) is 23.1 Å². The van der Waals surface area contributed by atoms with E-state index in [4.69, 9.17) is 4.74 Å².